The van der Waals surface area contributed by atoms with Gasteiger partial charge in [-0.2, -0.15) is 0 Å². The average molecular weight is 197 g/mol. The molecule has 1 saturated carbocycles. The van der Waals surface area contributed by atoms with Gasteiger partial charge in [-0.15, -0.1) is 0 Å². The fraction of sp³-hybridized carbons (Fsp3) is 0.909. The Labute approximate surface area is 84.9 Å². The van der Waals surface area contributed by atoms with Crippen LogP contribution in [0.2, 0.25) is 0 Å². The van der Waals surface area contributed by atoms with Crippen LogP contribution in [-0.4, -0.2) is 23.7 Å². The summed E-state index contributed by atoms with van der Waals surface area (Å²) >= 11 is 0. The lowest BCUT2D eigenvalue weighted by Gasteiger charge is -2.26. The summed E-state index contributed by atoms with van der Waals surface area (Å²) in [5.74, 6) is 0.736. The molecule has 80 valence electrons. The second-order valence-corrected chi connectivity index (χ2v) is 4.69. The summed E-state index contributed by atoms with van der Waals surface area (Å²) in [5, 5.41) is 12.0. The maximum atomic E-state index is 10.8. The molecular weight excluding hydrogens is 178 g/mol. The van der Waals surface area contributed by atoms with Crippen LogP contribution < -0.4 is 5.32 Å². The molecular formula is C11H19NO2. The van der Waals surface area contributed by atoms with Crippen LogP contribution in [0.5, 0.6) is 0 Å². The highest BCUT2D eigenvalue weighted by Crippen LogP contribution is 2.34. The molecule has 3 nitrogen and oxygen atoms in total. The molecule has 0 aromatic heterocycles. The lowest BCUT2D eigenvalue weighted by Crippen LogP contribution is -2.29. The minimum atomic E-state index is -0.677. The van der Waals surface area contributed by atoms with Crippen LogP contribution in [0.15, 0.2) is 0 Å². The normalized spacial score (nSPS) is 34.6. The molecule has 1 aliphatic carbocycles. The van der Waals surface area contributed by atoms with Gasteiger partial charge < -0.3 is 10.4 Å². The average Bonchev–Trinajstić information content (AvgIpc) is 2.68. The highest BCUT2D eigenvalue weighted by molar-refractivity contribution is 5.73. The molecule has 0 radical (unpaired) electrons. The third kappa shape index (κ3) is 2.08. The first-order valence-corrected chi connectivity index (χ1v) is 5.73. The van der Waals surface area contributed by atoms with E-state index < -0.39 is 5.97 Å². The molecule has 2 N–H and O–H groups in total. The van der Waals surface area contributed by atoms with Gasteiger partial charge in [0.25, 0.3) is 0 Å². The number of rotatable bonds is 2. The second kappa shape index (κ2) is 4.30. The number of hydrogen-bond donors (Lipinski definition) is 2. The van der Waals surface area contributed by atoms with Crippen LogP contribution in [0.3, 0.4) is 0 Å². The van der Waals surface area contributed by atoms with Crippen molar-refractivity contribution in [2.45, 2.75) is 44.6 Å². The maximum Gasteiger partial charge on any atom is 0.320 e. The summed E-state index contributed by atoms with van der Waals surface area (Å²) in [6.07, 6.45) is 7.55. The molecule has 0 bridgehead atoms. The largest absolute Gasteiger partial charge is 0.480 e. The first kappa shape index (κ1) is 9.97. The predicted molar refractivity (Wildman–Crippen MR) is 54.1 cm³/mol. The fourth-order valence-electron chi connectivity index (χ4n) is 2.92. The van der Waals surface area contributed by atoms with E-state index in [0.717, 1.165) is 18.9 Å². The Morgan fingerprint density at radius 3 is 2.43 bits per heavy atom. The SMILES string of the molecule is O=C(O)[C@@H]1C[C@H](C2CCCCC2)CN1. The Bertz CT molecular complexity index is 211. The molecule has 0 aromatic rings. The predicted octanol–water partition coefficient (Wildman–Crippen LogP) is 1.63. The van der Waals surface area contributed by atoms with Crippen LogP contribution in [0.1, 0.15) is 38.5 Å². The molecule has 0 amide bonds. The van der Waals surface area contributed by atoms with E-state index in [-0.39, 0.29) is 6.04 Å². The van der Waals surface area contributed by atoms with Crippen molar-refractivity contribution in [2.24, 2.45) is 11.8 Å². The smallest absolute Gasteiger partial charge is 0.320 e. The zero-order valence-corrected chi connectivity index (χ0v) is 8.54. The first-order valence-electron chi connectivity index (χ1n) is 5.73. The van der Waals surface area contributed by atoms with E-state index in [1.807, 2.05) is 0 Å². The number of aliphatic carboxylic acids is 1. The second-order valence-electron chi connectivity index (χ2n) is 4.69. The molecule has 1 aliphatic heterocycles. The van der Waals surface area contributed by atoms with Gasteiger partial charge in [-0.05, 0) is 24.8 Å². The van der Waals surface area contributed by atoms with Gasteiger partial charge in [-0.25, -0.2) is 0 Å². The quantitative estimate of drug-likeness (QED) is 0.707. The van der Waals surface area contributed by atoms with E-state index in [0.29, 0.717) is 5.92 Å². The van der Waals surface area contributed by atoms with Crippen molar-refractivity contribution < 1.29 is 9.90 Å². The van der Waals surface area contributed by atoms with E-state index in [1.165, 1.54) is 32.1 Å². The highest BCUT2D eigenvalue weighted by atomic mass is 16.4. The van der Waals surface area contributed by atoms with Crippen LogP contribution in [0, 0.1) is 11.8 Å². The van der Waals surface area contributed by atoms with E-state index in [1.54, 1.807) is 0 Å². The summed E-state index contributed by atoms with van der Waals surface area (Å²) in [6, 6.07) is -0.276. The van der Waals surface area contributed by atoms with Gasteiger partial charge >= 0.3 is 5.97 Å². The number of carboxylic acids is 1. The van der Waals surface area contributed by atoms with E-state index in [9.17, 15) is 4.79 Å². The molecule has 1 heterocycles. The lowest BCUT2D eigenvalue weighted by molar-refractivity contribution is -0.139. The van der Waals surface area contributed by atoms with E-state index in [2.05, 4.69) is 5.32 Å². The minimum absolute atomic E-state index is 0.276. The van der Waals surface area contributed by atoms with Gasteiger partial charge in [0.15, 0.2) is 0 Å². The minimum Gasteiger partial charge on any atom is -0.480 e. The van der Waals surface area contributed by atoms with Gasteiger partial charge in [0.2, 0.25) is 0 Å². The molecule has 3 heteroatoms. The fourth-order valence-corrected chi connectivity index (χ4v) is 2.92. The Kier molecular flexibility index (Phi) is 3.06. The van der Waals surface area contributed by atoms with Gasteiger partial charge in [0, 0.05) is 0 Å². The third-order valence-corrected chi connectivity index (χ3v) is 3.78. The molecule has 2 aliphatic rings. The van der Waals surface area contributed by atoms with E-state index >= 15 is 0 Å². The summed E-state index contributed by atoms with van der Waals surface area (Å²) < 4.78 is 0. The van der Waals surface area contributed by atoms with E-state index in [4.69, 9.17) is 5.11 Å². The van der Waals surface area contributed by atoms with Crippen molar-refractivity contribution >= 4 is 5.97 Å². The Hall–Kier alpha value is -0.570. The van der Waals surface area contributed by atoms with Crippen molar-refractivity contribution in [3.05, 3.63) is 0 Å². The van der Waals surface area contributed by atoms with Gasteiger partial charge in [-0.3, -0.25) is 4.79 Å². The summed E-state index contributed by atoms with van der Waals surface area (Å²) in [6.45, 7) is 0.918. The molecule has 0 unspecified atom stereocenters. The molecule has 2 fully saturated rings. The standard InChI is InChI=1S/C11H19NO2/c13-11(14)10-6-9(7-12-10)8-4-2-1-3-5-8/h8-10,12H,1-7H2,(H,13,14)/t9-,10-/m0/s1. The van der Waals surface area contributed by atoms with Gasteiger partial charge in [0.1, 0.15) is 6.04 Å². The topological polar surface area (TPSA) is 49.3 Å². The molecule has 0 spiro atoms. The zero-order valence-electron chi connectivity index (χ0n) is 8.54. The third-order valence-electron chi connectivity index (χ3n) is 3.78. The van der Waals surface area contributed by atoms with Crippen LogP contribution in [0.4, 0.5) is 0 Å². The number of carboxylic acid groups (broad SMARTS) is 1. The number of hydrogen-bond acceptors (Lipinski definition) is 2. The Morgan fingerprint density at radius 2 is 1.86 bits per heavy atom. The van der Waals surface area contributed by atoms with Crippen molar-refractivity contribution in [3.63, 3.8) is 0 Å². The van der Waals surface area contributed by atoms with Crippen LogP contribution in [-0.2, 0) is 4.79 Å². The van der Waals surface area contributed by atoms with Gasteiger partial charge in [0.05, 0.1) is 0 Å². The highest BCUT2D eigenvalue weighted by Gasteiger charge is 2.34. The Balaban J connectivity index is 1.85. The van der Waals surface area contributed by atoms with Crippen LogP contribution >= 0.6 is 0 Å². The molecule has 14 heavy (non-hydrogen) atoms. The van der Waals surface area contributed by atoms with Crippen molar-refractivity contribution in [3.8, 4) is 0 Å². The molecule has 1 saturated heterocycles. The van der Waals surface area contributed by atoms with Gasteiger partial charge in [-0.1, -0.05) is 32.1 Å². The van der Waals surface area contributed by atoms with Crippen LogP contribution in [0.25, 0.3) is 0 Å². The maximum absolute atomic E-state index is 10.8. The lowest BCUT2D eigenvalue weighted by atomic mass is 9.79. The molecule has 2 atom stereocenters. The zero-order chi connectivity index (χ0) is 9.97. The summed E-state index contributed by atoms with van der Waals surface area (Å²) in [5.41, 5.74) is 0. The first-order chi connectivity index (χ1) is 6.77. The summed E-state index contributed by atoms with van der Waals surface area (Å²) in [4.78, 5) is 10.8. The summed E-state index contributed by atoms with van der Waals surface area (Å²) in [7, 11) is 0. The van der Waals surface area contributed by atoms with Crippen molar-refractivity contribution in [1.29, 1.82) is 0 Å². The molecule has 2 rings (SSSR count). The van der Waals surface area contributed by atoms with Crippen molar-refractivity contribution in [2.75, 3.05) is 6.54 Å². The van der Waals surface area contributed by atoms with Crippen molar-refractivity contribution in [1.82, 2.24) is 5.32 Å². The number of nitrogens with one attached hydrogen (secondary N) is 1. The Morgan fingerprint density at radius 1 is 1.14 bits per heavy atom. The monoisotopic (exact) mass is 197 g/mol. The molecule has 0 aromatic carbocycles. The number of carbonyl (C=O) groups is 1.